The van der Waals surface area contributed by atoms with Crippen molar-refractivity contribution in [2.75, 3.05) is 0 Å². The number of hydrogen-bond donors (Lipinski definition) is 2. The number of aliphatic imine (C=N–C) groups is 1. The molecule has 0 radical (unpaired) electrons. The zero-order chi connectivity index (χ0) is 15.9. The van der Waals surface area contributed by atoms with E-state index in [0.29, 0.717) is 8.83 Å². The third-order valence-corrected chi connectivity index (χ3v) is 4.72. The van der Waals surface area contributed by atoms with Crippen molar-refractivity contribution in [3.8, 4) is 5.88 Å². The molecule has 0 spiro atoms. The number of rotatable bonds is 3. The zero-order valence-corrected chi connectivity index (χ0v) is 13.2. The van der Waals surface area contributed by atoms with Crippen molar-refractivity contribution >= 4 is 52.6 Å². The molecule has 7 heteroatoms. The monoisotopic (exact) mass is 332 g/mol. The number of carbonyl (C=O) groups is 1. The van der Waals surface area contributed by atoms with Crippen molar-refractivity contribution in [3.63, 3.8) is 0 Å². The Balaban J connectivity index is 2.09. The summed E-state index contributed by atoms with van der Waals surface area (Å²) in [7, 11) is 0. The van der Waals surface area contributed by atoms with Crippen molar-refractivity contribution in [2.24, 2.45) is 4.99 Å². The first-order valence-electron chi connectivity index (χ1n) is 6.48. The van der Waals surface area contributed by atoms with Gasteiger partial charge in [-0.25, -0.2) is 0 Å². The summed E-state index contributed by atoms with van der Waals surface area (Å²) in [5.41, 5.74) is 3.64. The van der Waals surface area contributed by atoms with E-state index in [2.05, 4.69) is 4.99 Å². The van der Waals surface area contributed by atoms with E-state index in [1.807, 2.05) is 31.2 Å². The highest BCUT2D eigenvalue weighted by atomic mass is 32.1. The van der Waals surface area contributed by atoms with Crippen LogP contribution in [0.5, 0.6) is 5.88 Å². The van der Waals surface area contributed by atoms with E-state index in [1.54, 1.807) is 6.08 Å². The van der Waals surface area contributed by atoms with Crippen LogP contribution in [0.2, 0.25) is 0 Å². The number of aliphatic carboxylic acids is 1. The number of allylic oxidation sites excluding steroid dienone is 1. The Hall–Kier alpha value is -2.25. The van der Waals surface area contributed by atoms with Gasteiger partial charge in [-0.05, 0) is 31.3 Å². The zero-order valence-electron chi connectivity index (χ0n) is 11.6. The summed E-state index contributed by atoms with van der Waals surface area (Å²) in [5.74, 6) is -1.17. The summed E-state index contributed by atoms with van der Waals surface area (Å²) >= 11 is 6.31. The van der Waals surface area contributed by atoms with E-state index >= 15 is 0 Å². The average molecular weight is 332 g/mol. The number of benzene rings is 1. The fourth-order valence-electron chi connectivity index (χ4n) is 2.33. The molecule has 1 aromatic carbocycles. The Bertz CT molecular complexity index is 890. The number of hydrogen-bond acceptors (Lipinski definition) is 5. The molecule has 2 heterocycles. The second kappa shape index (κ2) is 5.51. The molecule has 3 rings (SSSR count). The molecule has 0 amide bonds. The molecule has 0 unspecified atom stereocenters. The molecular weight excluding hydrogens is 320 g/mol. The third kappa shape index (κ3) is 2.49. The van der Waals surface area contributed by atoms with Crippen molar-refractivity contribution in [3.05, 3.63) is 38.7 Å². The molecule has 0 bridgehead atoms. The molecule has 1 aliphatic heterocycles. The van der Waals surface area contributed by atoms with Gasteiger partial charge in [0.15, 0.2) is 3.95 Å². The number of thiazole rings is 1. The Kier molecular flexibility index (Phi) is 3.67. The second-order valence-electron chi connectivity index (χ2n) is 4.81. The summed E-state index contributed by atoms with van der Waals surface area (Å²) in [6, 6.07) is 7.74. The Morgan fingerprint density at radius 2 is 2.18 bits per heavy atom. The first-order chi connectivity index (χ1) is 10.5. The minimum Gasteiger partial charge on any atom is -0.493 e. The van der Waals surface area contributed by atoms with E-state index < -0.39 is 5.97 Å². The van der Waals surface area contributed by atoms with Gasteiger partial charge in [0, 0.05) is 16.8 Å². The van der Waals surface area contributed by atoms with Gasteiger partial charge in [-0.2, -0.15) is 0 Å². The van der Waals surface area contributed by atoms with Crippen LogP contribution in [-0.2, 0) is 11.3 Å². The molecule has 0 fully saturated rings. The molecule has 5 nitrogen and oxygen atoms in total. The highest BCUT2D eigenvalue weighted by molar-refractivity contribution is 7.73. The van der Waals surface area contributed by atoms with Gasteiger partial charge in [-0.15, -0.1) is 11.3 Å². The maximum atomic E-state index is 10.8. The summed E-state index contributed by atoms with van der Waals surface area (Å²) in [6.07, 6.45) is 1.80. The standard InChI is InChI=1S/C15H12N2O3S2/c1-8-10(9-4-2-3-5-11(9)16-8)6-12-14(20)17(7-13(18)19)15(21)22-12/h2-6,20H,7H2,1H3,(H,18,19)/b10-6-. The largest absolute Gasteiger partial charge is 0.493 e. The summed E-state index contributed by atoms with van der Waals surface area (Å²) in [6.45, 7) is 1.55. The molecule has 2 aromatic rings. The van der Waals surface area contributed by atoms with Crippen LogP contribution in [0.3, 0.4) is 0 Å². The molecule has 1 aliphatic rings. The number of aromatic nitrogens is 1. The van der Waals surface area contributed by atoms with Gasteiger partial charge in [0.1, 0.15) is 6.54 Å². The first kappa shape index (κ1) is 14.7. The molecule has 112 valence electrons. The van der Waals surface area contributed by atoms with Gasteiger partial charge in [0.05, 0.1) is 10.6 Å². The van der Waals surface area contributed by atoms with Crippen LogP contribution in [0.15, 0.2) is 29.3 Å². The van der Waals surface area contributed by atoms with Crippen LogP contribution in [0.1, 0.15) is 17.4 Å². The van der Waals surface area contributed by atoms with Crippen molar-refractivity contribution in [1.29, 1.82) is 0 Å². The highest BCUT2D eigenvalue weighted by Gasteiger charge is 2.19. The van der Waals surface area contributed by atoms with E-state index in [-0.39, 0.29) is 12.4 Å². The van der Waals surface area contributed by atoms with E-state index in [9.17, 15) is 9.90 Å². The number of aromatic hydroxyl groups is 1. The molecular formula is C15H12N2O3S2. The SMILES string of the molecule is CC1=Nc2ccccc2/C1=C\c1sc(=S)n(CC(=O)O)c1O. The van der Waals surface area contributed by atoms with Crippen molar-refractivity contribution in [1.82, 2.24) is 4.57 Å². The lowest BCUT2D eigenvalue weighted by Crippen LogP contribution is -2.07. The molecule has 0 saturated heterocycles. The number of carboxylic acids is 1. The van der Waals surface area contributed by atoms with Crippen LogP contribution < -0.4 is 0 Å². The summed E-state index contributed by atoms with van der Waals surface area (Å²) < 4.78 is 1.54. The maximum absolute atomic E-state index is 10.8. The van der Waals surface area contributed by atoms with Crippen LogP contribution in [-0.4, -0.2) is 26.5 Å². The Labute approximate surface area is 135 Å². The minimum atomic E-state index is -1.05. The maximum Gasteiger partial charge on any atom is 0.323 e. The number of fused-ring (bicyclic) bond motifs is 1. The van der Waals surface area contributed by atoms with E-state index in [4.69, 9.17) is 17.3 Å². The van der Waals surface area contributed by atoms with Crippen molar-refractivity contribution in [2.45, 2.75) is 13.5 Å². The molecule has 0 saturated carbocycles. The van der Waals surface area contributed by atoms with Crippen molar-refractivity contribution < 1.29 is 15.0 Å². The van der Waals surface area contributed by atoms with Crippen LogP contribution in [0.4, 0.5) is 5.69 Å². The predicted molar refractivity (Wildman–Crippen MR) is 89.5 cm³/mol. The van der Waals surface area contributed by atoms with Gasteiger partial charge >= 0.3 is 5.97 Å². The summed E-state index contributed by atoms with van der Waals surface area (Å²) in [4.78, 5) is 15.9. The van der Waals surface area contributed by atoms with Gasteiger partial charge in [-0.3, -0.25) is 14.4 Å². The van der Waals surface area contributed by atoms with Gasteiger partial charge < -0.3 is 10.2 Å². The highest BCUT2D eigenvalue weighted by Crippen LogP contribution is 2.38. The quantitative estimate of drug-likeness (QED) is 0.840. The summed E-state index contributed by atoms with van der Waals surface area (Å²) in [5, 5.41) is 19.1. The van der Waals surface area contributed by atoms with Crippen LogP contribution in [0, 0.1) is 3.95 Å². The molecule has 2 N–H and O–H groups in total. The molecule has 22 heavy (non-hydrogen) atoms. The fourth-order valence-corrected chi connectivity index (χ4v) is 3.58. The van der Waals surface area contributed by atoms with E-state index in [1.165, 1.54) is 15.9 Å². The molecule has 0 atom stereocenters. The van der Waals surface area contributed by atoms with Crippen LogP contribution in [0.25, 0.3) is 11.6 Å². The number of nitrogens with zero attached hydrogens (tertiary/aromatic N) is 2. The number of carboxylic acid groups (broad SMARTS) is 1. The Morgan fingerprint density at radius 3 is 2.91 bits per heavy atom. The van der Waals surface area contributed by atoms with Gasteiger partial charge in [-0.1, -0.05) is 18.2 Å². The topological polar surface area (TPSA) is 74.8 Å². The normalized spacial score (nSPS) is 15.0. The lowest BCUT2D eigenvalue weighted by molar-refractivity contribution is -0.137. The lowest BCUT2D eigenvalue weighted by Gasteiger charge is -2.02. The van der Waals surface area contributed by atoms with E-state index in [0.717, 1.165) is 22.5 Å². The Morgan fingerprint density at radius 1 is 1.45 bits per heavy atom. The lowest BCUT2D eigenvalue weighted by atomic mass is 10.0. The fraction of sp³-hybridized carbons (Fsp3) is 0.133. The molecule has 0 aliphatic carbocycles. The predicted octanol–water partition coefficient (Wildman–Crippen LogP) is 3.72. The second-order valence-corrected chi connectivity index (χ2v) is 6.48. The minimum absolute atomic E-state index is 0.123. The smallest absolute Gasteiger partial charge is 0.323 e. The first-order valence-corrected chi connectivity index (χ1v) is 7.71. The van der Waals surface area contributed by atoms with Crippen LogP contribution >= 0.6 is 23.6 Å². The van der Waals surface area contributed by atoms with Gasteiger partial charge in [0.2, 0.25) is 5.88 Å². The van der Waals surface area contributed by atoms with Gasteiger partial charge in [0.25, 0.3) is 0 Å². The molecule has 1 aromatic heterocycles. The number of para-hydroxylation sites is 1. The third-order valence-electron chi connectivity index (χ3n) is 3.33. The average Bonchev–Trinajstić information content (AvgIpc) is 2.91.